The van der Waals surface area contributed by atoms with Crippen LogP contribution >= 0.6 is 19.3 Å². The van der Waals surface area contributed by atoms with Gasteiger partial charge in [-0.15, -0.1) is 0 Å². The Kier molecular flexibility index (Phi) is 9.07. The lowest BCUT2D eigenvalue weighted by molar-refractivity contribution is -0.150. The molecule has 0 amide bonds. The SMILES string of the molecule is CC(NP(=O)(Oc1ccccc1)OC1C[C@H](n2cnc3c(N)nc(Cl)nc32)OC1CO)C(=O)O[C@@H](C)c1ccccc1. The summed E-state index contributed by atoms with van der Waals surface area (Å²) >= 11 is 6.00. The third-order valence-electron chi connectivity index (χ3n) is 6.60. The van der Waals surface area contributed by atoms with E-state index in [4.69, 9.17) is 35.9 Å². The van der Waals surface area contributed by atoms with Crippen LogP contribution in [0, 0.1) is 0 Å². The summed E-state index contributed by atoms with van der Waals surface area (Å²) in [6.07, 6.45) is -1.54. The number of esters is 1. The molecule has 0 aliphatic carbocycles. The number of nitrogens with two attached hydrogens (primary N) is 1. The third-order valence-corrected chi connectivity index (χ3v) is 8.47. The molecule has 2 aromatic heterocycles. The van der Waals surface area contributed by atoms with Crippen molar-refractivity contribution >= 4 is 42.3 Å². The van der Waals surface area contributed by atoms with E-state index in [2.05, 4.69) is 20.0 Å². The van der Waals surface area contributed by atoms with Crippen molar-refractivity contribution in [2.75, 3.05) is 12.3 Å². The van der Waals surface area contributed by atoms with Crippen LogP contribution in [0.4, 0.5) is 5.82 Å². The van der Waals surface area contributed by atoms with Crippen molar-refractivity contribution in [1.29, 1.82) is 0 Å². The number of rotatable bonds is 11. The molecule has 6 atom stereocenters. The summed E-state index contributed by atoms with van der Waals surface area (Å²) < 4.78 is 39.2. The lowest BCUT2D eigenvalue weighted by atomic mass is 10.1. The molecule has 1 saturated heterocycles. The summed E-state index contributed by atoms with van der Waals surface area (Å²) in [5.41, 5.74) is 7.37. The van der Waals surface area contributed by atoms with E-state index < -0.39 is 50.9 Å². The highest BCUT2D eigenvalue weighted by Gasteiger charge is 2.44. The Balaban J connectivity index is 1.35. The molecule has 42 heavy (non-hydrogen) atoms. The van der Waals surface area contributed by atoms with Gasteiger partial charge in [-0.05, 0) is 43.1 Å². The van der Waals surface area contributed by atoms with E-state index in [-0.39, 0.29) is 23.3 Å². The van der Waals surface area contributed by atoms with Gasteiger partial charge in [0.05, 0.1) is 12.9 Å². The van der Waals surface area contributed by atoms with Crippen LogP contribution in [-0.2, 0) is 23.4 Å². The molecule has 2 aromatic carbocycles. The first-order chi connectivity index (χ1) is 20.2. The fraction of sp³-hybridized carbons (Fsp3) is 0.333. The van der Waals surface area contributed by atoms with Crippen LogP contribution in [0.15, 0.2) is 67.0 Å². The maximum atomic E-state index is 14.2. The maximum absolute atomic E-state index is 14.2. The number of benzene rings is 2. The van der Waals surface area contributed by atoms with Crippen LogP contribution < -0.4 is 15.3 Å². The summed E-state index contributed by atoms with van der Waals surface area (Å²) in [4.78, 5) is 25.3. The molecular formula is C27H30ClN6O7P. The summed E-state index contributed by atoms with van der Waals surface area (Å²) in [6, 6.07) is 16.5. The normalized spacial score (nSPS) is 21.5. The molecule has 0 spiro atoms. The van der Waals surface area contributed by atoms with Gasteiger partial charge in [0.2, 0.25) is 5.28 Å². The van der Waals surface area contributed by atoms with E-state index >= 15 is 0 Å². The van der Waals surface area contributed by atoms with Crippen molar-refractivity contribution in [3.05, 3.63) is 77.8 Å². The average molecular weight is 617 g/mol. The highest BCUT2D eigenvalue weighted by molar-refractivity contribution is 7.52. The van der Waals surface area contributed by atoms with Crippen LogP contribution in [0.3, 0.4) is 0 Å². The largest absolute Gasteiger partial charge is 0.459 e. The summed E-state index contributed by atoms with van der Waals surface area (Å²) in [5.74, 6) is -0.323. The van der Waals surface area contributed by atoms with E-state index in [9.17, 15) is 14.5 Å². The summed E-state index contributed by atoms with van der Waals surface area (Å²) in [7, 11) is -4.27. The van der Waals surface area contributed by atoms with Crippen molar-refractivity contribution in [1.82, 2.24) is 24.6 Å². The van der Waals surface area contributed by atoms with Gasteiger partial charge in [-0.1, -0.05) is 48.5 Å². The number of aliphatic hydroxyl groups excluding tert-OH is 1. The van der Waals surface area contributed by atoms with Gasteiger partial charge >= 0.3 is 13.7 Å². The van der Waals surface area contributed by atoms with Gasteiger partial charge < -0.3 is 24.8 Å². The summed E-state index contributed by atoms with van der Waals surface area (Å²) in [5, 5.41) is 12.7. The lowest BCUT2D eigenvalue weighted by Crippen LogP contribution is -2.37. The Bertz CT molecular complexity index is 1580. The van der Waals surface area contributed by atoms with Crippen molar-refractivity contribution in [2.24, 2.45) is 0 Å². The Labute approximate surface area is 246 Å². The number of nitrogens with one attached hydrogen (secondary N) is 1. The van der Waals surface area contributed by atoms with E-state index in [1.165, 1.54) is 13.3 Å². The molecule has 4 unspecified atom stereocenters. The van der Waals surface area contributed by atoms with Gasteiger partial charge in [-0.2, -0.15) is 15.1 Å². The second-order valence-corrected chi connectivity index (χ2v) is 11.6. The van der Waals surface area contributed by atoms with Crippen LogP contribution in [0.2, 0.25) is 5.28 Å². The Morgan fingerprint density at radius 1 is 1.19 bits per heavy atom. The zero-order valence-corrected chi connectivity index (χ0v) is 24.4. The number of halogens is 1. The first kappa shape index (κ1) is 29.9. The number of hydrogen-bond donors (Lipinski definition) is 3. The molecule has 222 valence electrons. The van der Waals surface area contributed by atoms with Gasteiger partial charge in [0, 0.05) is 6.42 Å². The first-order valence-electron chi connectivity index (χ1n) is 13.1. The predicted molar refractivity (Wildman–Crippen MR) is 153 cm³/mol. The second kappa shape index (κ2) is 12.7. The first-order valence-corrected chi connectivity index (χ1v) is 15.1. The minimum absolute atomic E-state index is 0.0707. The average Bonchev–Trinajstić information content (AvgIpc) is 3.57. The number of aromatic nitrogens is 4. The van der Waals surface area contributed by atoms with Crippen LogP contribution in [0.25, 0.3) is 11.2 Å². The number of aliphatic hydroxyl groups is 1. The van der Waals surface area contributed by atoms with Crippen molar-refractivity contribution in [3.63, 3.8) is 0 Å². The summed E-state index contributed by atoms with van der Waals surface area (Å²) in [6.45, 7) is 2.78. The molecule has 0 bridgehead atoms. The van der Waals surface area contributed by atoms with Crippen LogP contribution in [0.5, 0.6) is 5.75 Å². The third kappa shape index (κ3) is 6.73. The molecule has 0 saturated carbocycles. The second-order valence-electron chi connectivity index (χ2n) is 9.64. The zero-order chi connectivity index (χ0) is 29.9. The van der Waals surface area contributed by atoms with E-state index in [0.717, 1.165) is 5.56 Å². The Hall–Kier alpha value is -3.58. The van der Waals surface area contributed by atoms with E-state index in [1.807, 2.05) is 30.3 Å². The molecule has 1 aliphatic heterocycles. The molecule has 0 radical (unpaired) electrons. The molecule has 1 fully saturated rings. The van der Waals surface area contributed by atoms with Gasteiger partial charge in [-0.3, -0.25) is 13.9 Å². The number of ether oxygens (including phenoxy) is 2. The number of anilines is 1. The number of nitrogen functional groups attached to an aromatic ring is 1. The van der Waals surface area contributed by atoms with Crippen LogP contribution in [-0.4, -0.2) is 55.5 Å². The number of fused-ring (bicyclic) bond motifs is 1. The van der Waals surface area contributed by atoms with Gasteiger partial charge in [0.1, 0.15) is 41.8 Å². The molecule has 4 N–H and O–H groups in total. The Morgan fingerprint density at radius 3 is 2.57 bits per heavy atom. The molecule has 15 heteroatoms. The number of carbonyl (C=O) groups is 1. The van der Waals surface area contributed by atoms with Gasteiger partial charge in [0.25, 0.3) is 0 Å². The highest BCUT2D eigenvalue weighted by atomic mass is 35.5. The maximum Gasteiger partial charge on any atom is 0.459 e. The minimum Gasteiger partial charge on any atom is -0.457 e. The van der Waals surface area contributed by atoms with Gasteiger partial charge in [0.15, 0.2) is 11.5 Å². The van der Waals surface area contributed by atoms with E-state index in [0.29, 0.717) is 11.2 Å². The number of hydrogen-bond acceptors (Lipinski definition) is 11. The minimum atomic E-state index is -4.27. The molecule has 3 heterocycles. The quantitative estimate of drug-likeness (QED) is 0.125. The topological polar surface area (TPSA) is 173 Å². The Morgan fingerprint density at radius 2 is 1.88 bits per heavy atom. The number of carbonyl (C=O) groups excluding carboxylic acids is 1. The molecule has 1 aliphatic rings. The molecule has 5 rings (SSSR count). The number of para-hydroxylation sites is 1. The monoisotopic (exact) mass is 616 g/mol. The molecule has 13 nitrogen and oxygen atoms in total. The predicted octanol–water partition coefficient (Wildman–Crippen LogP) is 4.20. The molecule has 4 aromatic rings. The zero-order valence-electron chi connectivity index (χ0n) is 22.7. The fourth-order valence-corrected chi connectivity index (χ4v) is 6.39. The molecular weight excluding hydrogens is 587 g/mol. The number of imidazole rings is 1. The fourth-order valence-electron chi connectivity index (χ4n) is 4.50. The van der Waals surface area contributed by atoms with Crippen LogP contribution in [0.1, 0.15) is 38.2 Å². The number of nitrogens with zero attached hydrogens (tertiary/aromatic N) is 4. The lowest BCUT2D eigenvalue weighted by Gasteiger charge is -2.27. The van der Waals surface area contributed by atoms with Crippen molar-refractivity contribution < 1.29 is 33.0 Å². The highest BCUT2D eigenvalue weighted by Crippen LogP contribution is 2.49. The standard InChI is InChI=1S/C27H30ClN6O7P/c1-16(26(36)38-17(2)18-9-5-3-6-10-18)33-42(37,40-19-11-7-4-8-12-19)41-20-13-22(39-21(20)14-35)34-15-30-23-24(29)31-27(28)32-25(23)34/h3-12,15-17,20-22,35H,13-14H2,1-2H3,(H,33,37)(H2,29,31,32)/t16?,17-,20?,21?,22+,42?/m0/s1. The smallest absolute Gasteiger partial charge is 0.457 e. The van der Waals surface area contributed by atoms with E-state index in [1.54, 1.807) is 41.8 Å². The van der Waals surface area contributed by atoms with Gasteiger partial charge in [-0.25, -0.2) is 9.55 Å². The van der Waals surface area contributed by atoms with Crippen molar-refractivity contribution in [2.45, 2.75) is 50.8 Å². The van der Waals surface area contributed by atoms with Crippen molar-refractivity contribution in [3.8, 4) is 5.75 Å².